The molecule has 0 spiro atoms. The minimum absolute atomic E-state index is 0.564. The van der Waals surface area contributed by atoms with E-state index in [2.05, 4.69) is 5.92 Å². The van der Waals surface area contributed by atoms with Crippen LogP contribution in [0.5, 0.6) is 11.5 Å². The van der Waals surface area contributed by atoms with Gasteiger partial charge in [0.1, 0.15) is 11.5 Å². The fraction of sp³-hybridized carbons (Fsp3) is 0.333. The number of terminal acetylenes is 1. The van der Waals surface area contributed by atoms with E-state index in [0.717, 1.165) is 17.7 Å². The molecule has 0 aromatic heterocycles. The molecule has 3 heteroatoms. The summed E-state index contributed by atoms with van der Waals surface area (Å²) in [6.07, 6.45) is 6.10. The smallest absolute Gasteiger partial charge is 0.135 e. The summed E-state index contributed by atoms with van der Waals surface area (Å²) in [6, 6.07) is 3.67. The fourth-order valence-corrected chi connectivity index (χ4v) is 1.42. The first-order valence-corrected chi connectivity index (χ1v) is 4.68. The Morgan fingerprint density at radius 1 is 1.27 bits per heavy atom. The lowest BCUT2D eigenvalue weighted by Gasteiger charge is -2.11. The first-order chi connectivity index (χ1) is 7.26. The highest BCUT2D eigenvalue weighted by Crippen LogP contribution is 2.28. The third-order valence-electron chi connectivity index (χ3n) is 2.17. The van der Waals surface area contributed by atoms with Gasteiger partial charge in [0.25, 0.3) is 0 Å². The van der Waals surface area contributed by atoms with Crippen molar-refractivity contribution in [3.8, 4) is 23.8 Å². The van der Waals surface area contributed by atoms with Gasteiger partial charge in [-0.1, -0.05) is 5.92 Å². The van der Waals surface area contributed by atoms with Crippen LogP contribution in [0.3, 0.4) is 0 Å². The Balaban J connectivity index is 3.22. The van der Waals surface area contributed by atoms with Gasteiger partial charge in [0.05, 0.1) is 19.8 Å². The highest BCUT2D eigenvalue weighted by atomic mass is 16.5. The second-order valence-electron chi connectivity index (χ2n) is 3.05. The van der Waals surface area contributed by atoms with Crippen molar-refractivity contribution in [3.63, 3.8) is 0 Å². The average Bonchev–Trinajstić information content (AvgIpc) is 2.28. The molecule has 2 N–H and O–H groups in total. The van der Waals surface area contributed by atoms with E-state index in [-0.39, 0.29) is 0 Å². The lowest BCUT2D eigenvalue weighted by Crippen LogP contribution is -2.05. The van der Waals surface area contributed by atoms with Crippen LogP contribution in [0, 0.1) is 12.3 Å². The summed E-state index contributed by atoms with van der Waals surface area (Å²) in [6.45, 7) is 0.564. The van der Waals surface area contributed by atoms with Crippen LogP contribution in [0.15, 0.2) is 12.1 Å². The van der Waals surface area contributed by atoms with E-state index in [1.165, 1.54) is 0 Å². The van der Waals surface area contributed by atoms with Gasteiger partial charge in [-0.2, -0.15) is 0 Å². The Hall–Kier alpha value is -1.66. The minimum atomic E-state index is 0.564. The van der Waals surface area contributed by atoms with Gasteiger partial charge in [-0.15, -0.1) is 6.42 Å². The molecule has 0 aliphatic rings. The molecule has 0 fully saturated rings. The van der Waals surface area contributed by atoms with E-state index < -0.39 is 0 Å². The first-order valence-electron chi connectivity index (χ1n) is 4.68. The molecule has 0 bridgehead atoms. The standard InChI is InChI=1S/C12H15NO2/c1-4-9-7-12(15-3)10(5-6-13)8-11(9)14-2/h1,7-8H,5-6,13H2,2-3H3. The normalized spacial score (nSPS) is 9.47. The molecule has 1 rings (SSSR count). The molecule has 0 aliphatic carbocycles. The van der Waals surface area contributed by atoms with Gasteiger partial charge in [-0.05, 0) is 30.7 Å². The number of benzene rings is 1. The molecular formula is C12H15NO2. The summed E-state index contributed by atoms with van der Waals surface area (Å²) in [5.74, 6) is 3.99. The lowest BCUT2D eigenvalue weighted by molar-refractivity contribution is 0.398. The number of ether oxygens (including phenoxy) is 2. The Morgan fingerprint density at radius 3 is 2.40 bits per heavy atom. The molecule has 0 heterocycles. The number of rotatable bonds is 4. The summed E-state index contributed by atoms with van der Waals surface area (Å²) in [4.78, 5) is 0. The van der Waals surface area contributed by atoms with E-state index in [1.807, 2.05) is 6.07 Å². The quantitative estimate of drug-likeness (QED) is 0.751. The van der Waals surface area contributed by atoms with Gasteiger partial charge in [-0.3, -0.25) is 0 Å². The van der Waals surface area contributed by atoms with Gasteiger partial charge in [0, 0.05) is 0 Å². The molecule has 0 atom stereocenters. The summed E-state index contributed by atoms with van der Waals surface area (Å²) >= 11 is 0. The predicted octanol–water partition coefficient (Wildman–Crippen LogP) is 1.19. The molecule has 0 saturated carbocycles. The predicted molar refractivity (Wildman–Crippen MR) is 60.2 cm³/mol. The van der Waals surface area contributed by atoms with Crippen LogP contribution in [0.25, 0.3) is 0 Å². The molecule has 3 nitrogen and oxygen atoms in total. The second-order valence-corrected chi connectivity index (χ2v) is 3.05. The van der Waals surface area contributed by atoms with Crippen molar-refractivity contribution in [3.05, 3.63) is 23.3 Å². The van der Waals surface area contributed by atoms with E-state index in [4.69, 9.17) is 21.6 Å². The maximum absolute atomic E-state index is 5.51. The Kier molecular flexibility index (Phi) is 4.02. The van der Waals surface area contributed by atoms with Crippen molar-refractivity contribution >= 4 is 0 Å². The number of methoxy groups -OCH3 is 2. The van der Waals surface area contributed by atoms with Crippen LogP contribution in [0.2, 0.25) is 0 Å². The van der Waals surface area contributed by atoms with Crippen LogP contribution in [0.1, 0.15) is 11.1 Å². The highest BCUT2D eigenvalue weighted by molar-refractivity contribution is 5.53. The van der Waals surface area contributed by atoms with Crippen molar-refractivity contribution in [1.82, 2.24) is 0 Å². The fourth-order valence-electron chi connectivity index (χ4n) is 1.42. The summed E-state index contributed by atoms with van der Waals surface area (Å²) in [5, 5.41) is 0. The van der Waals surface area contributed by atoms with Crippen molar-refractivity contribution in [1.29, 1.82) is 0 Å². The monoisotopic (exact) mass is 205 g/mol. The summed E-state index contributed by atoms with van der Waals surface area (Å²) < 4.78 is 10.4. The van der Waals surface area contributed by atoms with Crippen LogP contribution in [-0.4, -0.2) is 20.8 Å². The number of nitrogens with two attached hydrogens (primary N) is 1. The van der Waals surface area contributed by atoms with Gasteiger partial charge < -0.3 is 15.2 Å². The van der Waals surface area contributed by atoms with Gasteiger partial charge in [-0.25, -0.2) is 0 Å². The van der Waals surface area contributed by atoms with E-state index in [1.54, 1.807) is 20.3 Å². The van der Waals surface area contributed by atoms with Crippen LogP contribution < -0.4 is 15.2 Å². The molecule has 0 saturated heterocycles. The molecule has 1 aromatic rings. The molecule has 80 valence electrons. The maximum Gasteiger partial charge on any atom is 0.135 e. The van der Waals surface area contributed by atoms with Crippen molar-refractivity contribution < 1.29 is 9.47 Å². The van der Waals surface area contributed by atoms with Crippen molar-refractivity contribution in [2.24, 2.45) is 5.73 Å². The zero-order chi connectivity index (χ0) is 11.3. The highest BCUT2D eigenvalue weighted by Gasteiger charge is 2.08. The SMILES string of the molecule is C#Cc1cc(OC)c(CCN)cc1OC. The Labute approximate surface area is 90.2 Å². The van der Waals surface area contributed by atoms with Crippen LogP contribution in [-0.2, 0) is 6.42 Å². The summed E-state index contributed by atoms with van der Waals surface area (Å²) in [7, 11) is 3.21. The second kappa shape index (κ2) is 5.28. The molecule has 0 amide bonds. The van der Waals surface area contributed by atoms with Crippen LogP contribution in [0.4, 0.5) is 0 Å². The van der Waals surface area contributed by atoms with E-state index >= 15 is 0 Å². The zero-order valence-electron chi connectivity index (χ0n) is 9.04. The van der Waals surface area contributed by atoms with Crippen LogP contribution >= 0.6 is 0 Å². The molecule has 0 unspecified atom stereocenters. The lowest BCUT2D eigenvalue weighted by atomic mass is 10.1. The molecular weight excluding hydrogens is 190 g/mol. The maximum atomic E-state index is 5.51. The van der Waals surface area contributed by atoms with Crippen molar-refractivity contribution in [2.45, 2.75) is 6.42 Å². The van der Waals surface area contributed by atoms with E-state index in [0.29, 0.717) is 17.9 Å². The third-order valence-corrected chi connectivity index (χ3v) is 2.17. The Bertz CT molecular complexity index is 380. The zero-order valence-corrected chi connectivity index (χ0v) is 9.04. The average molecular weight is 205 g/mol. The number of hydrogen-bond acceptors (Lipinski definition) is 3. The van der Waals surface area contributed by atoms with E-state index in [9.17, 15) is 0 Å². The topological polar surface area (TPSA) is 44.5 Å². The molecule has 15 heavy (non-hydrogen) atoms. The molecule has 1 aromatic carbocycles. The Morgan fingerprint density at radius 2 is 1.93 bits per heavy atom. The first kappa shape index (κ1) is 11.4. The molecule has 0 aliphatic heterocycles. The largest absolute Gasteiger partial charge is 0.496 e. The molecule has 0 radical (unpaired) electrons. The number of hydrogen-bond donors (Lipinski definition) is 1. The summed E-state index contributed by atoms with van der Waals surface area (Å²) in [5.41, 5.74) is 7.21. The van der Waals surface area contributed by atoms with Gasteiger partial charge in [0.2, 0.25) is 0 Å². The van der Waals surface area contributed by atoms with Gasteiger partial charge in [0.15, 0.2) is 0 Å². The third kappa shape index (κ3) is 2.42. The van der Waals surface area contributed by atoms with Crippen molar-refractivity contribution in [2.75, 3.05) is 20.8 Å². The van der Waals surface area contributed by atoms with Gasteiger partial charge >= 0.3 is 0 Å². The minimum Gasteiger partial charge on any atom is -0.496 e.